The molecule has 2 aliphatic rings. The Morgan fingerprint density at radius 2 is 1.82 bits per heavy atom. The van der Waals surface area contributed by atoms with E-state index in [4.69, 9.17) is 4.98 Å². The highest BCUT2D eigenvalue weighted by molar-refractivity contribution is 7.89. The molecule has 28 heavy (non-hydrogen) atoms. The fourth-order valence-corrected chi connectivity index (χ4v) is 6.05. The van der Waals surface area contributed by atoms with E-state index >= 15 is 0 Å². The number of hydrogen-bond donors (Lipinski definition) is 1. The van der Waals surface area contributed by atoms with E-state index in [9.17, 15) is 8.42 Å². The van der Waals surface area contributed by atoms with Gasteiger partial charge in [0.15, 0.2) is 5.03 Å². The van der Waals surface area contributed by atoms with Crippen LogP contribution in [0, 0.1) is 11.8 Å². The van der Waals surface area contributed by atoms with Crippen LogP contribution in [0.5, 0.6) is 0 Å². The van der Waals surface area contributed by atoms with Crippen LogP contribution in [0.15, 0.2) is 41.8 Å². The van der Waals surface area contributed by atoms with Crippen LogP contribution in [0.1, 0.15) is 19.9 Å². The fraction of sp³-hybridized carbons (Fsp3) is 0.474. The van der Waals surface area contributed by atoms with Gasteiger partial charge in [0.25, 0.3) is 10.0 Å². The van der Waals surface area contributed by atoms with Crippen LogP contribution in [-0.2, 0) is 10.0 Å². The third kappa shape index (κ3) is 2.64. The molecule has 4 heterocycles. The van der Waals surface area contributed by atoms with Gasteiger partial charge in [-0.3, -0.25) is 0 Å². The highest BCUT2D eigenvalue weighted by atomic mass is 32.2. The summed E-state index contributed by atoms with van der Waals surface area (Å²) in [6, 6.07) is 8.53. The second-order valence-corrected chi connectivity index (χ2v) is 9.93. The Morgan fingerprint density at radius 3 is 2.46 bits per heavy atom. The van der Waals surface area contributed by atoms with E-state index in [1.54, 1.807) is 4.31 Å². The van der Waals surface area contributed by atoms with Crippen molar-refractivity contribution >= 4 is 27.0 Å². The normalized spacial score (nSPS) is 23.2. The van der Waals surface area contributed by atoms with Gasteiger partial charge >= 0.3 is 0 Å². The number of rotatable bonds is 4. The number of hydrogen-bond acceptors (Lipinski definition) is 5. The van der Waals surface area contributed by atoms with Crippen LogP contribution in [0.3, 0.4) is 0 Å². The van der Waals surface area contributed by atoms with E-state index in [0.29, 0.717) is 31.0 Å². The lowest BCUT2D eigenvalue weighted by Crippen LogP contribution is -2.34. The summed E-state index contributed by atoms with van der Waals surface area (Å²) in [6.45, 7) is 7.10. The monoisotopic (exact) mass is 400 g/mol. The first-order chi connectivity index (χ1) is 13.4. The highest BCUT2D eigenvalue weighted by Crippen LogP contribution is 2.37. The van der Waals surface area contributed by atoms with E-state index in [1.165, 1.54) is 12.5 Å². The van der Waals surface area contributed by atoms with Gasteiger partial charge in [-0.2, -0.15) is 4.31 Å². The predicted octanol–water partition coefficient (Wildman–Crippen LogP) is 2.10. The third-order valence-corrected chi connectivity index (χ3v) is 7.68. The largest absolute Gasteiger partial charge is 0.342 e. The number of anilines is 1. The number of aromatic nitrogens is 4. The Bertz CT molecular complexity index is 1090. The van der Waals surface area contributed by atoms with Crippen LogP contribution in [0.4, 0.5) is 5.95 Å². The van der Waals surface area contributed by atoms with Gasteiger partial charge < -0.3 is 14.5 Å². The summed E-state index contributed by atoms with van der Waals surface area (Å²) in [5.41, 5.74) is 2.15. The number of sulfonamides is 1. The van der Waals surface area contributed by atoms with E-state index in [-0.39, 0.29) is 5.03 Å². The molecule has 0 aliphatic carbocycles. The molecule has 3 aromatic rings. The molecule has 0 bridgehead atoms. The minimum absolute atomic E-state index is 0.172. The number of nitrogens with zero attached hydrogens (tertiary/aromatic N) is 5. The van der Waals surface area contributed by atoms with Crippen molar-refractivity contribution in [2.75, 3.05) is 31.1 Å². The van der Waals surface area contributed by atoms with Gasteiger partial charge in [-0.15, -0.1) is 0 Å². The lowest BCUT2D eigenvalue weighted by molar-refractivity contribution is 0.450. The second kappa shape index (κ2) is 6.31. The highest BCUT2D eigenvalue weighted by Gasteiger charge is 2.45. The molecule has 2 fully saturated rings. The summed E-state index contributed by atoms with van der Waals surface area (Å²) in [7, 11) is -3.49. The maximum absolute atomic E-state index is 12.8. The molecule has 0 saturated carbocycles. The van der Waals surface area contributed by atoms with E-state index in [2.05, 4.69) is 39.3 Å². The number of benzene rings is 1. The molecule has 9 heteroatoms. The van der Waals surface area contributed by atoms with E-state index in [0.717, 1.165) is 30.1 Å². The van der Waals surface area contributed by atoms with E-state index in [1.807, 2.05) is 18.2 Å². The zero-order chi connectivity index (χ0) is 19.5. The average molecular weight is 401 g/mol. The topological polar surface area (TPSA) is 87.1 Å². The molecule has 2 aromatic heterocycles. The zero-order valence-corrected chi connectivity index (χ0v) is 16.8. The molecule has 2 unspecified atom stereocenters. The van der Waals surface area contributed by atoms with Gasteiger partial charge in [0.1, 0.15) is 0 Å². The second-order valence-electron chi connectivity index (χ2n) is 8.03. The zero-order valence-electron chi connectivity index (χ0n) is 16.0. The molecule has 0 spiro atoms. The molecule has 8 nitrogen and oxygen atoms in total. The molecule has 148 valence electrons. The summed E-state index contributed by atoms with van der Waals surface area (Å²) in [5.74, 6) is 1.63. The van der Waals surface area contributed by atoms with Crippen LogP contribution in [-0.4, -0.2) is 58.4 Å². The van der Waals surface area contributed by atoms with Gasteiger partial charge in [-0.1, -0.05) is 12.1 Å². The number of imidazole rings is 2. The Labute approximate surface area is 164 Å². The van der Waals surface area contributed by atoms with Gasteiger partial charge in [0.2, 0.25) is 5.95 Å². The molecule has 0 radical (unpaired) electrons. The molecule has 2 atom stereocenters. The van der Waals surface area contributed by atoms with Crippen molar-refractivity contribution < 1.29 is 8.42 Å². The van der Waals surface area contributed by atoms with Crippen molar-refractivity contribution in [2.24, 2.45) is 11.8 Å². The molecule has 1 aromatic carbocycles. The van der Waals surface area contributed by atoms with Crippen molar-refractivity contribution in [2.45, 2.75) is 24.9 Å². The first kappa shape index (κ1) is 17.7. The van der Waals surface area contributed by atoms with Crippen molar-refractivity contribution in [3.05, 3.63) is 36.8 Å². The number of para-hydroxylation sites is 2. The molecule has 0 amide bonds. The maximum Gasteiger partial charge on any atom is 0.260 e. The minimum Gasteiger partial charge on any atom is -0.342 e. The van der Waals surface area contributed by atoms with Crippen LogP contribution in [0.2, 0.25) is 0 Å². The Kier molecular flexibility index (Phi) is 3.99. The minimum atomic E-state index is -3.49. The van der Waals surface area contributed by atoms with Crippen molar-refractivity contribution in [1.29, 1.82) is 0 Å². The Balaban J connectivity index is 1.39. The summed E-state index contributed by atoms with van der Waals surface area (Å²) in [6.07, 6.45) is 2.78. The summed E-state index contributed by atoms with van der Waals surface area (Å²) in [4.78, 5) is 13.8. The Morgan fingerprint density at radius 1 is 1.11 bits per heavy atom. The van der Waals surface area contributed by atoms with Crippen molar-refractivity contribution in [1.82, 2.24) is 23.8 Å². The number of aromatic amines is 1. The lowest BCUT2D eigenvalue weighted by atomic mass is 10.0. The standard InChI is InChI=1S/C19H24N6O2S/c1-13(2)25-17-6-4-3-5-16(17)22-19(25)23-8-14-10-24(11-15(14)9-23)28(26,27)18-7-20-12-21-18/h3-7,12-15H,8-11H2,1-2H3,(H,20,21). The maximum atomic E-state index is 12.8. The molecule has 2 saturated heterocycles. The molecular weight excluding hydrogens is 376 g/mol. The molecule has 5 rings (SSSR count). The molecule has 1 N–H and O–H groups in total. The first-order valence-corrected chi connectivity index (χ1v) is 11.1. The van der Waals surface area contributed by atoms with Crippen LogP contribution >= 0.6 is 0 Å². The molecule has 2 aliphatic heterocycles. The quantitative estimate of drug-likeness (QED) is 0.725. The van der Waals surface area contributed by atoms with Crippen LogP contribution in [0.25, 0.3) is 11.0 Å². The fourth-order valence-electron chi connectivity index (χ4n) is 4.60. The smallest absolute Gasteiger partial charge is 0.260 e. The van der Waals surface area contributed by atoms with Crippen molar-refractivity contribution in [3.63, 3.8) is 0 Å². The van der Waals surface area contributed by atoms with Gasteiger partial charge in [-0.25, -0.2) is 18.4 Å². The SMILES string of the molecule is CC(C)n1c(N2CC3CN(S(=O)(=O)c4cnc[nH]4)CC3C2)nc2ccccc21. The van der Waals surface area contributed by atoms with Crippen LogP contribution < -0.4 is 4.90 Å². The summed E-state index contributed by atoms with van der Waals surface area (Å²) < 4.78 is 29.4. The summed E-state index contributed by atoms with van der Waals surface area (Å²) in [5, 5.41) is 0.172. The van der Waals surface area contributed by atoms with Crippen molar-refractivity contribution in [3.8, 4) is 0 Å². The average Bonchev–Trinajstić information content (AvgIpc) is 3.41. The van der Waals surface area contributed by atoms with E-state index < -0.39 is 10.0 Å². The van der Waals surface area contributed by atoms with Gasteiger partial charge in [0, 0.05) is 32.2 Å². The van der Waals surface area contributed by atoms with Gasteiger partial charge in [-0.05, 0) is 37.8 Å². The first-order valence-electron chi connectivity index (χ1n) is 9.65. The number of H-pyrrole nitrogens is 1. The number of nitrogens with one attached hydrogen (secondary N) is 1. The Hall–Kier alpha value is -2.39. The third-order valence-electron chi connectivity index (χ3n) is 5.92. The summed E-state index contributed by atoms with van der Waals surface area (Å²) >= 11 is 0. The predicted molar refractivity (Wildman–Crippen MR) is 107 cm³/mol. The van der Waals surface area contributed by atoms with Gasteiger partial charge in [0.05, 0.1) is 23.6 Å². The molecular formula is C19H24N6O2S. The lowest BCUT2D eigenvalue weighted by Gasteiger charge is -2.24. The number of fused-ring (bicyclic) bond motifs is 2.